The number of benzene rings is 1. The van der Waals surface area contributed by atoms with Crippen molar-refractivity contribution in [2.45, 2.75) is 38.5 Å². The van der Waals surface area contributed by atoms with Crippen LogP contribution < -0.4 is 0 Å². The van der Waals surface area contributed by atoms with E-state index in [0.29, 0.717) is 0 Å². The van der Waals surface area contributed by atoms with Crippen LogP contribution in [0.1, 0.15) is 38.8 Å². The van der Waals surface area contributed by atoms with Crippen LogP contribution in [0.3, 0.4) is 0 Å². The number of nitrogens with zero attached hydrogens (tertiary/aromatic N) is 1. The van der Waals surface area contributed by atoms with Gasteiger partial charge in [-0.2, -0.15) is 0 Å². The molecule has 1 aromatic rings. The van der Waals surface area contributed by atoms with Crippen LogP contribution in [-0.4, -0.2) is 0 Å². The second-order valence-corrected chi connectivity index (χ2v) is 5.09. The first-order chi connectivity index (χ1) is 6.41. The number of hydrogen-bond donors (Lipinski definition) is 0. The largest absolute Gasteiger partial charge is 0.238 e. The molecule has 1 aliphatic carbocycles. The molecule has 0 aliphatic heterocycles. The van der Waals surface area contributed by atoms with Crippen LogP contribution in [0.25, 0.3) is 4.85 Å². The molecule has 0 spiro atoms. The van der Waals surface area contributed by atoms with E-state index in [-0.39, 0.29) is 10.8 Å². The third-order valence-corrected chi connectivity index (χ3v) is 4.04. The molecule has 0 atom stereocenters. The molecule has 1 nitrogen and oxygen atoms in total. The quantitative estimate of drug-likeness (QED) is 0.541. The van der Waals surface area contributed by atoms with Gasteiger partial charge in [0.05, 0.1) is 6.57 Å². The SMILES string of the molecule is [C-]#[N+]c1ccc2c(c1)C(C)(C)C2(C)C. The van der Waals surface area contributed by atoms with E-state index in [9.17, 15) is 0 Å². The molecular weight excluding hydrogens is 170 g/mol. The molecule has 0 heterocycles. The lowest BCUT2D eigenvalue weighted by molar-refractivity contribution is 0.242. The zero-order valence-corrected chi connectivity index (χ0v) is 9.18. The lowest BCUT2D eigenvalue weighted by Gasteiger charge is -2.54. The Morgan fingerprint density at radius 2 is 1.57 bits per heavy atom. The standard InChI is InChI=1S/C13H15N/c1-12(2)10-7-6-9(14-5)8-11(10)13(12,3)4/h6-8H,1-4H3. The van der Waals surface area contributed by atoms with E-state index in [4.69, 9.17) is 6.57 Å². The van der Waals surface area contributed by atoms with Crippen LogP contribution in [0.4, 0.5) is 5.69 Å². The molecule has 0 amide bonds. The Balaban J connectivity index is 2.63. The molecule has 1 heteroatoms. The highest BCUT2D eigenvalue weighted by atomic mass is 14.7. The summed E-state index contributed by atoms with van der Waals surface area (Å²) in [5, 5.41) is 0. The summed E-state index contributed by atoms with van der Waals surface area (Å²) in [6, 6.07) is 6.06. The van der Waals surface area contributed by atoms with Gasteiger partial charge in [-0.05, 0) is 22.0 Å². The Bertz CT molecular complexity index is 433. The topological polar surface area (TPSA) is 4.36 Å². The van der Waals surface area contributed by atoms with Crippen molar-refractivity contribution in [3.8, 4) is 0 Å². The van der Waals surface area contributed by atoms with Gasteiger partial charge >= 0.3 is 0 Å². The highest BCUT2D eigenvalue weighted by Gasteiger charge is 2.50. The number of rotatable bonds is 0. The van der Waals surface area contributed by atoms with Crippen molar-refractivity contribution in [2.75, 3.05) is 0 Å². The van der Waals surface area contributed by atoms with Crippen LogP contribution in [0.2, 0.25) is 0 Å². The van der Waals surface area contributed by atoms with Gasteiger partial charge in [0.15, 0.2) is 5.69 Å². The molecule has 0 N–H and O–H groups in total. The van der Waals surface area contributed by atoms with E-state index in [2.05, 4.69) is 38.6 Å². The maximum Gasteiger partial charge on any atom is 0.187 e. The van der Waals surface area contributed by atoms with Gasteiger partial charge in [0.1, 0.15) is 0 Å². The maximum atomic E-state index is 6.99. The average Bonchev–Trinajstić information content (AvgIpc) is 2.16. The fourth-order valence-corrected chi connectivity index (χ4v) is 2.27. The maximum absolute atomic E-state index is 6.99. The van der Waals surface area contributed by atoms with E-state index in [1.54, 1.807) is 0 Å². The summed E-state index contributed by atoms with van der Waals surface area (Å²) in [5.74, 6) is 0. The van der Waals surface area contributed by atoms with Crippen molar-refractivity contribution >= 4 is 5.69 Å². The Hall–Kier alpha value is -1.29. The minimum Gasteiger partial charge on any atom is -0.238 e. The molecule has 0 unspecified atom stereocenters. The van der Waals surface area contributed by atoms with Crippen molar-refractivity contribution < 1.29 is 0 Å². The number of hydrogen-bond acceptors (Lipinski definition) is 0. The normalized spacial score (nSPS) is 20.5. The Morgan fingerprint density at radius 1 is 1.00 bits per heavy atom. The molecule has 2 rings (SSSR count). The van der Waals surface area contributed by atoms with Crippen molar-refractivity contribution in [2.24, 2.45) is 0 Å². The van der Waals surface area contributed by atoms with Gasteiger partial charge in [-0.15, -0.1) is 0 Å². The van der Waals surface area contributed by atoms with E-state index >= 15 is 0 Å². The van der Waals surface area contributed by atoms with Crippen molar-refractivity contribution in [3.05, 3.63) is 40.7 Å². The molecule has 0 radical (unpaired) electrons. The van der Waals surface area contributed by atoms with Gasteiger partial charge in [0.25, 0.3) is 0 Å². The molecule has 14 heavy (non-hydrogen) atoms. The van der Waals surface area contributed by atoms with Gasteiger partial charge < -0.3 is 0 Å². The highest BCUT2D eigenvalue weighted by molar-refractivity contribution is 5.60. The highest BCUT2D eigenvalue weighted by Crippen LogP contribution is 2.56. The van der Waals surface area contributed by atoms with E-state index < -0.39 is 0 Å². The van der Waals surface area contributed by atoms with Crippen molar-refractivity contribution in [1.82, 2.24) is 0 Å². The molecule has 1 aliphatic rings. The lowest BCUT2D eigenvalue weighted by Crippen LogP contribution is -2.50. The van der Waals surface area contributed by atoms with Gasteiger partial charge in [-0.25, -0.2) is 4.85 Å². The summed E-state index contributed by atoms with van der Waals surface area (Å²) in [7, 11) is 0. The summed E-state index contributed by atoms with van der Waals surface area (Å²) in [4.78, 5) is 3.47. The van der Waals surface area contributed by atoms with E-state index in [1.807, 2.05) is 12.1 Å². The molecule has 0 bridgehead atoms. The summed E-state index contributed by atoms with van der Waals surface area (Å²) in [5.41, 5.74) is 3.93. The van der Waals surface area contributed by atoms with Crippen LogP contribution >= 0.6 is 0 Å². The Morgan fingerprint density at radius 3 is 2.14 bits per heavy atom. The summed E-state index contributed by atoms with van der Waals surface area (Å²) < 4.78 is 0. The summed E-state index contributed by atoms with van der Waals surface area (Å²) in [6.45, 7) is 16.0. The smallest absolute Gasteiger partial charge is 0.187 e. The summed E-state index contributed by atoms with van der Waals surface area (Å²) in [6.07, 6.45) is 0. The first-order valence-electron chi connectivity index (χ1n) is 4.94. The third-order valence-electron chi connectivity index (χ3n) is 4.04. The molecule has 0 saturated heterocycles. The molecule has 1 aromatic carbocycles. The molecular formula is C13H15N. The van der Waals surface area contributed by atoms with Gasteiger partial charge in [0.2, 0.25) is 0 Å². The Kier molecular flexibility index (Phi) is 1.58. The second kappa shape index (κ2) is 2.39. The average molecular weight is 185 g/mol. The zero-order chi connectivity index (χ0) is 10.6. The zero-order valence-electron chi connectivity index (χ0n) is 9.18. The van der Waals surface area contributed by atoms with Crippen LogP contribution in [0, 0.1) is 6.57 Å². The number of fused-ring (bicyclic) bond motifs is 1. The van der Waals surface area contributed by atoms with Crippen LogP contribution in [0.5, 0.6) is 0 Å². The lowest BCUT2D eigenvalue weighted by atomic mass is 9.50. The Labute approximate surface area is 85.6 Å². The van der Waals surface area contributed by atoms with Gasteiger partial charge in [-0.1, -0.05) is 45.9 Å². The molecule has 72 valence electrons. The summed E-state index contributed by atoms with van der Waals surface area (Å²) >= 11 is 0. The molecule has 0 fully saturated rings. The first kappa shape index (κ1) is 9.27. The predicted octanol–water partition coefficient (Wildman–Crippen LogP) is 3.81. The molecule has 0 aromatic heterocycles. The van der Waals surface area contributed by atoms with Crippen LogP contribution in [-0.2, 0) is 10.8 Å². The fourth-order valence-electron chi connectivity index (χ4n) is 2.27. The minimum atomic E-state index is 0.197. The van der Waals surface area contributed by atoms with Gasteiger partial charge in [0, 0.05) is 0 Å². The third kappa shape index (κ3) is 0.838. The van der Waals surface area contributed by atoms with Crippen molar-refractivity contribution in [3.63, 3.8) is 0 Å². The molecule has 0 saturated carbocycles. The minimum absolute atomic E-state index is 0.197. The second-order valence-electron chi connectivity index (χ2n) is 5.09. The fraction of sp³-hybridized carbons (Fsp3) is 0.462. The van der Waals surface area contributed by atoms with E-state index in [0.717, 1.165) is 5.69 Å². The van der Waals surface area contributed by atoms with Crippen LogP contribution in [0.15, 0.2) is 18.2 Å². The van der Waals surface area contributed by atoms with E-state index in [1.165, 1.54) is 11.1 Å². The predicted molar refractivity (Wildman–Crippen MR) is 58.8 cm³/mol. The van der Waals surface area contributed by atoms with Gasteiger partial charge in [-0.3, -0.25) is 0 Å². The monoisotopic (exact) mass is 185 g/mol. The van der Waals surface area contributed by atoms with Crippen molar-refractivity contribution in [1.29, 1.82) is 0 Å². The first-order valence-corrected chi connectivity index (χ1v) is 4.94.